The zero-order chi connectivity index (χ0) is 14.8. The summed E-state index contributed by atoms with van der Waals surface area (Å²) in [5.41, 5.74) is 3.11. The van der Waals surface area contributed by atoms with Gasteiger partial charge in [-0.15, -0.1) is 0 Å². The number of rotatable bonds is 5. The SMILES string of the molecule is CCCNC(c1ccn(C)n1)c1cc2cccc(C)c2o1. The third kappa shape index (κ3) is 2.72. The van der Waals surface area contributed by atoms with Crippen molar-refractivity contribution in [3.8, 4) is 0 Å². The number of nitrogens with one attached hydrogen (secondary N) is 1. The average molecular weight is 283 g/mol. The molecule has 21 heavy (non-hydrogen) atoms. The van der Waals surface area contributed by atoms with Crippen LogP contribution in [0.25, 0.3) is 11.0 Å². The van der Waals surface area contributed by atoms with Crippen molar-refractivity contribution >= 4 is 11.0 Å². The van der Waals surface area contributed by atoms with E-state index in [2.05, 4.69) is 48.5 Å². The van der Waals surface area contributed by atoms with Crippen molar-refractivity contribution in [2.75, 3.05) is 6.54 Å². The van der Waals surface area contributed by atoms with Gasteiger partial charge in [-0.05, 0) is 37.6 Å². The van der Waals surface area contributed by atoms with Gasteiger partial charge in [0.2, 0.25) is 0 Å². The predicted octanol–water partition coefficient (Wildman–Crippen LogP) is 3.56. The summed E-state index contributed by atoms with van der Waals surface area (Å²) in [6, 6.07) is 10.4. The number of aromatic nitrogens is 2. The second-order valence-corrected chi connectivity index (χ2v) is 5.44. The quantitative estimate of drug-likeness (QED) is 0.778. The van der Waals surface area contributed by atoms with Crippen LogP contribution in [0.1, 0.15) is 36.4 Å². The molecule has 4 nitrogen and oxygen atoms in total. The molecule has 110 valence electrons. The van der Waals surface area contributed by atoms with Crippen molar-refractivity contribution in [2.45, 2.75) is 26.3 Å². The molecule has 0 spiro atoms. The van der Waals surface area contributed by atoms with E-state index < -0.39 is 0 Å². The summed E-state index contributed by atoms with van der Waals surface area (Å²) >= 11 is 0. The molecule has 0 radical (unpaired) electrons. The van der Waals surface area contributed by atoms with Gasteiger partial charge in [0.05, 0.1) is 5.69 Å². The van der Waals surface area contributed by atoms with Crippen LogP contribution in [0.15, 0.2) is 40.9 Å². The van der Waals surface area contributed by atoms with Crippen LogP contribution in [0.2, 0.25) is 0 Å². The molecule has 2 heterocycles. The Morgan fingerprint density at radius 3 is 2.86 bits per heavy atom. The predicted molar refractivity (Wildman–Crippen MR) is 84.3 cm³/mol. The van der Waals surface area contributed by atoms with Gasteiger partial charge < -0.3 is 9.73 Å². The Labute approximate surface area is 124 Å². The van der Waals surface area contributed by atoms with E-state index in [-0.39, 0.29) is 6.04 Å². The van der Waals surface area contributed by atoms with Crippen molar-refractivity contribution in [3.63, 3.8) is 0 Å². The van der Waals surface area contributed by atoms with E-state index in [4.69, 9.17) is 4.42 Å². The highest BCUT2D eigenvalue weighted by molar-refractivity contribution is 5.81. The normalized spacial score (nSPS) is 12.9. The summed E-state index contributed by atoms with van der Waals surface area (Å²) in [5.74, 6) is 0.923. The van der Waals surface area contributed by atoms with Gasteiger partial charge in [-0.25, -0.2) is 0 Å². The van der Waals surface area contributed by atoms with Crippen molar-refractivity contribution in [1.29, 1.82) is 0 Å². The Bertz CT molecular complexity index is 741. The first-order chi connectivity index (χ1) is 10.2. The first-order valence-corrected chi connectivity index (χ1v) is 7.41. The van der Waals surface area contributed by atoms with Crippen molar-refractivity contribution in [2.24, 2.45) is 7.05 Å². The lowest BCUT2D eigenvalue weighted by molar-refractivity contribution is 0.460. The monoisotopic (exact) mass is 283 g/mol. The molecule has 0 bridgehead atoms. The first kappa shape index (κ1) is 13.9. The van der Waals surface area contributed by atoms with Gasteiger partial charge in [-0.3, -0.25) is 4.68 Å². The van der Waals surface area contributed by atoms with Crippen LogP contribution in [0.3, 0.4) is 0 Å². The van der Waals surface area contributed by atoms with Gasteiger partial charge in [-0.1, -0.05) is 25.1 Å². The number of para-hydroxylation sites is 1. The molecule has 1 atom stereocenters. The molecule has 0 aliphatic carbocycles. The molecule has 0 aliphatic rings. The lowest BCUT2D eigenvalue weighted by atomic mass is 10.1. The minimum atomic E-state index is -0.00190. The number of furan rings is 1. The van der Waals surface area contributed by atoms with E-state index in [0.29, 0.717) is 0 Å². The van der Waals surface area contributed by atoms with E-state index >= 15 is 0 Å². The molecule has 0 fully saturated rings. The van der Waals surface area contributed by atoms with Crippen molar-refractivity contribution in [1.82, 2.24) is 15.1 Å². The summed E-state index contributed by atoms with van der Waals surface area (Å²) in [6.07, 6.45) is 3.03. The molecule has 0 saturated carbocycles. The Hall–Kier alpha value is -2.07. The Morgan fingerprint density at radius 1 is 1.33 bits per heavy atom. The standard InChI is InChI=1S/C17H21N3O/c1-4-9-18-16(14-8-10-20(3)19-14)15-11-13-7-5-6-12(2)17(13)21-15/h5-8,10-11,16,18H,4,9H2,1-3H3. The van der Waals surface area contributed by atoms with Gasteiger partial charge in [-0.2, -0.15) is 5.10 Å². The molecule has 4 heteroatoms. The molecule has 0 saturated heterocycles. The maximum Gasteiger partial charge on any atom is 0.137 e. The molecule has 3 aromatic rings. The number of benzene rings is 1. The molecule has 0 aliphatic heterocycles. The summed E-state index contributed by atoms with van der Waals surface area (Å²) in [4.78, 5) is 0. The molecule has 2 aromatic heterocycles. The Kier molecular flexibility index (Phi) is 3.80. The number of aryl methyl sites for hydroxylation is 2. The van der Waals surface area contributed by atoms with Gasteiger partial charge in [0, 0.05) is 18.6 Å². The maximum absolute atomic E-state index is 6.11. The van der Waals surface area contributed by atoms with E-state index in [1.807, 2.05) is 24.0 Å². The first-order valence-electron chi connectivity index (χ1n) is 7.41. The van der Waals surface area contributed by atoms with Crippen LogP contribution in [0.5, 0.6) is 0 Å². The van der Waals surface area contributed by atoms with E-state index in [1.54, 1.807) is 0 Å². The summed E-state index contributed by atoms with van der Waals surface area (Å²) < 4.78 is 7.93. The highest BCUT2D eigenvalue weighted by Crippen LogP contribution is 2.29. The molecule has 0 amide bonds. The fraction of sp³-hybridized carbons (Fsp3) is 0.353. The van der Waals surface area contributed by atoms with Crippen molar-refractivity contribution < 1.29 is 4.42 Å². The molecule has 1 aromatic carbocycles. The fourth-order valence-corrected chi connectivity index (χ4v) is 2.60. The lowest BCUT2D eigenvalue weighted by Gasteiger charge is -2.13. The summed E-state index contributed by atoms with van der Waals surface area (Å²) in [7, 11) is 1.93. The van der Waals surface area contributed by atoms with E-state index in [0.717, 1.165) is 41.0 Å². The minimum absolute atomic E-state index is 0.00190. The highest BCUT2D eigenvalue weighted by atomic mass is 16.3. The fourth-order valence-electron chi connectivity index (χ4n) is 2.60. The minimum Gasteiger partial charge on any atom is -0.459 e. The third-order valence-electron chi connectivity index (χ3n) is 3.67. The van der Waals surface area contributed by atoms with Crippen LogP contribution in [0.4, 0.5) is 0 Å². The average Bonchev–Trinajstić information content (AvgIpc) is 3.07. The van der Waals surface area contributed by atoms with Crippen LogP contribution in [-0.2, 0) is 7.05 Å². The summed E-state index contributed by atoms with van der Waals surface area (Å²) in [6.45, 7) is 5.16. The molecular formula is C17H21N3O. The van der Waals surface area contributed by atoms with Crippen LogP contribution in [0, 0.1) is 6.92 Å². The van der Waals surface area contributed by atoms with Gasteiger partial charge in [0.15, 0.2) is 0 Å². The van der Waals surface area contributed by atoms with Gasteiger partial charge >= 0.3 is 0 Å². The molecule has 3 rings (SSSR count). The number of nitrogens with zero attached hydrogens (tertiary/aromatic N) is 2. The van der Waals surface area contributed by atoms with Gasteiger partial charge in [0.1, 0.15) is 17.4 Å². The zero-order valence-corrected chi connectivity index (χ0v) is 12.8. The largest absolute Gasteiger partial charge is 0.459 e. The van der Waals surface area contributed by atoms with E-state index in [1.165, 1.54) is 0 Å². The van der Waals surface area contributed by atoms with Crippen LogP contribution < -0.4 is 5.32 Å². The Morgan fingerprint density at radius 2 is 2.19 bits per heavy atom. The third-order valence-corrected chi connectivity index (χ3v) is 3.67. The molecule has 1 unspecified atom stereocenters. The Balaban J connectivity index is 2.03. The van der Waals surface area contributed by atoms with E-state index in [9.17, 15) is 0 Å². The topological polar surface area (TPSA) is 43.0 Å². The molecule has 1 N–H and O–H groups in total. The number of fused-ring (bicyclic) bond motifs is 1. The highest BCUT2D eigenvalue weighted by Gasteiger charge is 2.20. The maximum atomic E-state index is 6.11. The zero-order valence-electron chi connectivity index (χ0n) is 12.8. The second-order valence-electron chi connectivity index (χ2n) is 5.44. The number of hydrogen-bond donors (Lipinski definition) is 1. The molecular weight excluding hydrogens is 262 g/mol. The second kappa shape index (κ2) is 5.74. The number of hydrogen-bond acceptors (Lipinski definition) is 3. The smallest absolute Gasteiger partial charge is 0.137 e. The van der Waals surface area contributed by atoms with Gasteiger partial charge in [0.25, 0.3) is 0 Å². The van der Waals surface area contributed by atoms with Crippen LogP contribution in [-0.4, -0.2) is 16.3 Å². The summed E-state index contributed by atoms with van der Waals surface area (Å²) in [5, 5.41) is 9.20. The lowest BCUT2D eigenvalue weighted by Crippen LogP contribution is -2.23. The van der Waals surface area contributed by atoms with Crippen molar-refractivity contribution in [3.05, 3.63) is 53.5 Å². The van der Waals surface area contributed by atoms with Crippen LogP contribution >= 0.6 is 0 Å².